The molecule has 1 saturated heterocycles. The van der Waals surface area contributed by atoms with E-state index in [1.165, 1.54) is 8.28 Å². The van der Waals surface area contributed by atoms with Gasteiger partial charge in [0.25, 0.3) is 10.0 Å². The lowest BCUT2D eigenvalue weighted by Crippen LogP contribution is -2.35. The highest BCUT2D eigenvalue weighted by Gasteiger charge is 2.70. The second-order valence-corrected chi connectivity index (χ2v) is 13.9. The minimum Gasteiger partial charge on any atom is -0.237 e. The Morgan fingerprint density at radius 3 is 1.94 bits per heavy atom. The van der Waals surface area contributed by atoms with E-state index in [2.05, 4.69) is 6.92 Å². The van der Waals surface area contributed by atoms with Gasteiger partial charge in [0.2, 0.25) is 10.0 Å². The van der Waals surface area contributed by atoms with Gasteiger partial charge in [-0.15, -0.1) is 0 Å². The molecule has 36 heavy (non-hydrogen) atoms. The SMILES string of the molecule is Cc1ccc(S(=O)(=O)N2CC3C(C)C3(c3cc4ccccc4n3S(=O)(=O)c3ccc(C)cc3)C2)cc1. The molecule has 0 spiro atoms. The Morgan fingerprint density at radius 1 is 0.778 bits per heavy atom. The van der Waals surface area contributed by atoms with E-state index in [1.807, 2.05) is 44.2 Å². The van der Waals surface area contributed by atoms with Gasteiger partial charge in [0.05, 0.1) is 15.3 Å². The summed E-state index contributed by atoms with van der Waals surface area (Å²) in [6.07, 6.45) is 0. The minimum atomic E-state index is -3.90. The zero-order valence-corrected chi connectivity index (χ0v) is 22.1. The molecule has 2 heterocycles. The van der Waals surface area contributed by atoms with Crippen molar-refractivity contribution in [2.24, 2.45) is 11.8 Å². The second kappa shape index (κ2) is 7.78. The fourth-order valence-electron chi connectivity index (χ4n) is 5.96. The molecular formula is C28H28N2O4S2. The van der Waals surface area contributed by atoms with E-state index in [0.717, 1.165) is 16.5 Å². The van der Waals surface area contributed by atoms with Gasteiger partial charge in [-0.1, -0.05) is 60.5 Å². The Balaban J connectivity index is 1.49. The Morgan fingerprint density at radius 2 is 1.33 bits per heavy atom. The first kappa shape index (κ1) is 23.5. The topological polar surface area (TPSA) is 76.5 Å². The molecule has 1 aliphatic carbocycles. The Kier molecular flexibility index (Phi) is 5.07. The number of para-hydroxylation sites is 1. The second-order valence-electron chi connectivity index (χ2n) is 10.2. The van der Waals surface area contributed by atoms with Gasteiger partial charge in [0.1, 0.15) is 0 Å². The molecule has 0 bridgehead atoms. The summed E-state index contributed by atoms with van der Waals surface area (Å²) in [4.78, 5) is 0.490. The average molecular weight is 521 g/mol. The van der Waals surface area contributed by atoms with Crippen LogP contribution in [-0.2, 0) is 25.5 Å². The third-order valence-electron chi connectivity index (χ3n) is 8.17. The van der Waals surface area contributed by atoms with E-state index in [-0.39, 0.29) is 28.2 Å². The molecule has 186 valence electrons. The number of piperidine rings is 1. The molecule has 1 aromatic heterocycles. The van der Waals surface area contributed by atoms with E-state index >= 15 is 0 Å². The van der Waals surface area contributed by atoms with Crippen LogP contribution in [0.4, 0.5) is 0 Å². The van der Waals surface area contributed by atoms with Crippen LogP contribution in [0.5, 0.6) is 0 Å². The highest BCUT2D eigenvalue weighted by atomic mass is 32.2. The molecule has 2 aliphatic rings. The van der Waals surface area contributed by atoms with E-state index in [9.17, 15) is 16.8 Å². The van der Waals surface area contributed by atoms with Gasteiger partial charge in [-0.2, -0.15) is 4.31 Å². The van der Waals surface area contributed by atoms with Crippen LogP contribution in [-0.4, -0.2) is 38.2 Å². The lowest BCUT2D eigenvalue weighted by atomic mass is 9.99. The van der Waals surface area contributed by atoms with Crippen LogP contribution < -0.4 is 0 Å². The Bertz CT molecular complexity index is 1710. The highest BCUT2D eigenvalue weighted by Crippen LogP contribution is 2.65. The first-order valence-corrected chi connectivity index (χ1v) is 14.9. The van der Waals surface area contributed by atoms with Crippen LogP contribution in [0.2, 0.25) is 0 Å². The number of benzene rings is 3. The smallest absolute Gasteiger partial charge is 0.237 e. The molecule has 1 aliphatic heterocycles. The summed E-state index contributed by atoms with van der Waals surface area (Å²) in [6, 6.07) is 23.2. The zero-order chi connectivity index (χ0) is 25.5. The van der Waals surface area contributed by atoms with E-state index in [1.54, 1.807) is 48.5 Å². The molecule has 1 saturated carbocycles. The quantitative estimate of drug-likeness (QED) is 0.382. The Labute approximate surface area is 212 Å². The molecule has 6 nitrogen and oxygen atoms in total. The molecule has 0 radical (unpaired) electrons. The van der Waals surface area contributed by atoms with Crippen molar-refractivity contribution < 1.29 is 16.8 Å². The number of hydrogen-bond acceptors (Lipinski definition) is 4. The number of nitrogens with zero attached hydrogens (tertiary/aromatic N) is 2. The van der Waals surface area contributed by atoms with Crippen LogP contribution in [0.3, 0.4) is 0 Å². The van der Waals surface area contributed by atoms with Gasteiger partial charge >= 0.3 is 0 Å². The Hall–Kier alpha value is -2.94. The number of hydrogen-bond donors (Lipinski definition) is 0. The minimum absolute atomic E-state index is 0.0500. The van der Waals surface area contributed by atoms with E-state index in [4.69, 9.17) is 0 Å². The lowest BCUT2D eigenvalue weighted by molar-refractivity contribution is 0.404. The van der Waals surface area contributed by atoms with Crippen molar-refractivity contribution in [3.63, 3.8) is 0 Å². The molecule has 3 aromatic carbocycles. The standard InChI is InChI=1S/C28H28N2O4S2/c1-19-8-12-23(13-9-19)35(31,32)29-17-25-21(3)28(25,18-29)27-16-22-6-4-5-7-26(22)30(27)36(33,34)24-14-10-20(2)11-15-24/h4-16,21,25H,17-18H2,1-3H3. The zero-order valence-electron chi connectivity index (χ0n) is 20.4. The fraction of sp³-hybridized carbons (Fsp3) is 0.286. The molecule has 3 unspecified atom stereocenters. The molecule has 0 amide bonds. The molecule has 3 atom stereocenters. The maximum absolute atomic E-state index is 14.0. The summed E-state index contributed by atoms with van der Waals surface area (Å²) in [5.41, 5.74) is 2.69. The largest absolute Gasteiger partial charge is 0.268 e. The van der Waals surface area contributed by atoms with Gasteiger partial charge in [-0.3, -0.25) is 0 Å². The first-order valence-electron chi connectivity index (χ1n) is 12.1. The van der Waals surface area contributed by atoms with Crippen LogP contribution in [0.1, 0.15) is 23.7 Å². The van der Waals surface area contributed by atoms with Crippen molar-refractivity contribution in [2.75, 3.05) is 13.1 Å². The van der Waals surface area contributed by atoms with Gasteiger partial charge in [0.15, 0.2) is 0 Å². The lowest BCUT2D eigenvalue weighted by Gasteiger charge is -2.24. The summed E-state index contributed by atoms with van der Waals surface area (Å²) in [6.45, 7) is 6.58. The summed E-state index contributed by atoms with van der Waals surface area (Å²) >= 11 is 0. The summed E-state index contributed by atoms with van der Waals surface area (Å²) < 4.78 is 58.1. The number of fused-ring (bicyclic) bond motifs is 2. The number of sulfonamides is 1. The van der Waals surface area contributed by atoms with Crippen LogP contribution in [0, 0.1) is 25.7 Å². The first-order chi connectivity index (χ1) is 17.1. The molecule has 0 N–H and O–H groups in total. The maximum atomic E-state index is 14.0. The van der Waals surface area contributed by atoms with E-state index in [0.29, 0.717) is 17.8 Å². The van der Waals surface area contributed by atoms with Crippen molar-refractivity contribution in [2.45, 2.75) is 36.0 Å². The van der Waals surface area contributed by atoms with Crippen molar-refractivity contribution >= 4 is 30.9 Å². The predicted octanol–water partition coefficient (Wildman–Crippen LogP) is 4.70. The number of aromatic nitrogens is 1. The van der Waals surface area contributed by atoms with Gasteiger partial charge < -0.3 is 0 Å². The monoisotopic (exact) mass is 520 g/mol. The third kappa shape index (κ3) is 3.24. The highest BCUT2D eigenvalue weighted by molar-refractivity contribution is 7.90. The average Bonchev–Trinajstić information content (AvgIpc) is 3.20. The molecule has 2 fully saturated rings. The maximum Gasteiger partial charge on any atom is 0.268 e. The number of rotatable bonds is 5. The van der Waals surface area contributed by atoms with Crippen molar-refractivity contribution in [3.8, 4) is 0 Å². The fourth-order valence-corrected chi connectivity index (χ4v) is 9.08. The van der Waals surface area contributed by atoms with Crippen LogP contribution in [0.15, 0.2) is 88.7 Å². The van der Waals surface area contributed by atoms with Crippen molar-refractivity contribution in [3.05, 3.63) is 95.7 Å². The summed E-state index contributed by atoms with van der Waals surface area (Å²) in [7, 11) is -7.59. The summed E-state index contributed by atoms with van der Waals surface area (Å²) in [5.74, 6) is 0.215. The molecule has 6 rings (SSSR count). The normalized spacial score (nSPS) is 24.2. The van der Waals surface area contributed by atoms with Crippen LogP contribution in [0.25, 0.3) is 10.9 Å². The molecule has 8 heteroatoms. The summed E-state index contributed by atoms with van der Waals surface area (Å²) in [5, 5.41) is 0.829. The molecule has 4 aromatic rings. The predicted molar refractivity (Wildman–Crippen MR) is 140 cm³/mol. The number of aryl methyl sites for hydroxylation is 2. The van der Waals surface area contributed by atoms with Gasteiger partial charge in [-0.25, -0.2) is 20.8 Å². The third-order valence-corrected chi connectivity index (χ3v) is 11.7. The van der Waals surface area contributed by atoms with Gasteiger partial charge in [0, 0.05) is 29.6 Å². The van der Waals surface area contributed by atoms with E-state index < -0.39 is 25.5 Å². The molecular weight excluding hydrogens is 492 g/mol. The van der Waals surface area contributed by atoms with Crippen molar-refractivity contribution in [1.29, 1.82) is 0 Å². The van der Waals surface area contributed by atoms with Crippen LogP contribution >= 0.6 is 0 Å². The van der Waals surface area contributed by atoms with Crippen molar-refractivity contribution in [1.82, 2.24) is 8.28 Å². The van der Waals surface area contributed by atoms with Gasteiger partial charge in [-0.05, 0) is 62.1 Å².